The van der Waals surface area contributed by atoms with E-state index in [1.165, 1.54) is 0 Å². The standard InChI is InChI=1S/C15H25F3N2O.ClH/c16-15(17,18)12-5-2-4-11(8-12)14(21)20-9-10-3-1-6-13(19)7-10;/h10-13H,1-9,19H2,(H,20,21);1H. The van der Waals surface area contributed by atoms with Crippen molar-refractivity contribution in [1.29, 1.82) is 0 Å². The first kappa shape index (κ1) is 19.6. The summed E-state index contributed by atoms with van der Waals surface area (Å²) in [5, 5.41) is 2.85. The minimum atomic E-state index is -4.17. The van der Waals surface area contributed by atoms with Crippen LogP contribution in [-0.2, 0) is 4.79 Å². The predicted molar refractivity (Wildman–Crippen MR) is 81.7 cm³/mol. The molecule has 0 aromatic carbocycles. The monoisotopic (exact) mass is 342 g/mol. The van der Waals surface area contributed by atoms with Crippen molar-refractivity contribution < 1.29 is 18.0 Å². The van der Waals surface area contributed by atoms with Crippen molar-refractivity contribution in [3.63, 3.8) is 0 Å². The maximum atomic E-state index is 12.8. The van der Waals surface area contributed by atoms with Crippen molar-refractivity contribution in [3.8, 4) is 0 Å². The average molecular weight is 343 g/mol. The molecule has 2 rings (SSSR count). The van der Waals surface area contributed by atoms with Crippen LogP contribution in [0.5, 0.6) is 0 Å². The molecule has 0 aromatic heterocycles. The van der Waals surface area contributed by atoms with Crippen molar-refractivity contribution in [3.05, 3.63) is 0 Å². The normalized spacial score (nSPS) is 32.9. The van der Waals surface area contributed by atoms with Crippen molar-refractivity contribution in [2.75, 3.05) is 6.54 Å². The van der Waals surface area contributed by atoms with Crippen molar-refractivity contribution in [1.82, 2.24) is 5.32 Å². The van der Waals surface area contributed by atoms with E-state index < -0.39 is 18.0 Å². The molecule has 0 aromatic rings. The van der Waals surface area contributed by atoms with Gasteiger partial charge in [-0.3, -0.25) is 4.79 Å². The van der Waals surface area contributed by atoms with E-state index in [1.807, 2.05) is 0 Å². The average Bonchev–Trinajstić information content (AvgIpc) is 2.44. The zero-order valence-corrected chi connectivity index (χ0v) is 13.5. The van der Waals surface area contributed by atoms with E-state index in [9.17, 15) is 18.0 Å². The van der Waals surface area contributed by atoms with E-state index in [0.29, 0.717) is 25.3 Å². The van der Waals surface area contributed by atoms with Crippen molar-refractivity contribution >= 4 is 18.3 Å². The van der Waals surface area contributed by atoms with Crippen LogP contribution in [0.3, 0.4) is 0 Å². The first-order valence-corrected chi connectivity index (χ1v) is 7.96. The van der Waals surface area contributed by atoms with E-state index in [-0.39, 0.29) is 37.2 Å². The molecule has 2 aliphatic carbocycles. The van der Waals surface area contributed by atoms with Gasteiger partial charge in [0.2, 0.25) is 5.91 Å². The lowest BCUT2D eigenvalue weighted by Crippen LogP contribution is -2.40. The van der Waals surface area contributed by atoms with Gasteiger partial charge in [-0.15, -0.1) is 12.4 Å². The molecule has 2 saturated carbocycles. The topological polar surface area (TPSA) is 55.1 Å². The van der Waals surface area contributed by atoms with Crippen molar-refractivity contribution in [2.24, 2.45) is 23.5 Å². The van der Waals surface area contributed by atoms with Gasteiger partial charge in [-0.25, -0.2) is 0 Å². The fraction of sp³-hybridized carbons (Fsp3) is 0.933. The molecule has 4 unspecified atom stereocenters. The number of hydrogen-bond donors (Lipinski definition) is 2. The number of carbonyl (C=O) groups excluding carboxylic acids is 1. The molecule has 0 spiro atoms. The number of amides is 1. The molecule has 0 saturated heterocycles. The third kappa shape index (κ3) is 5.61. The van der Waals surface area contributed by atoms with Gasteiger partial charge in [0.15, 0.2) is 0 Å². The summed E-state index contributed by atoms with van der Waals surface area (Å²) in [6, 6.07) is 0.199. The molecular weight excluding hydrogens is 317 g/mol. The second-order valence-electron chi connectivity index (χ2n) is 6.64. The van der Waals surface area contributed by atoms with Crippen LogP contribution in [0.2, 0.25) is 0 Å². The van der Waals surface area contributed by atoms with Crippen molar-refractivity contribution in [2.45, 2.75) is 63.6 Å². The maximum Gasteiger partial charge on any atom is 0.391 e. The van der Waals surface area contributed by atoms with Gasteiger partial charge in [-0.1, -0.05) is 12.8 Å². The minimum absolute atomic E-state index is 0. The highest BCUT2D eigenvalue weighted by Gasteiger charge is 2.43. The summed E-state index contributed by atoms with van der Waals surface area (Å²) < 4.78 is 38.3. The number of nitrogens with one attached hydrogen (secondary N) is 1. The van der Waals surface area contributed by atoms with Gasteiger partial charge in [0.05, 0.1) is 5.92 Å². The lowest BCUT2D eigenvalue weighted by atomic mass is 9.80. The summed E-state index contributed by atoms with van der Waals surface area (Å²) in [6.45, 7) is 0.555. The smallest absolute Gasteiger partial charge is 0.356 e. The van der Waals surface area contributed by atoms with E-state index in [1.54, 1.807) is 0 Å². The SMILES string of the molecule is Cl.NC1CCCC(CNC(=O)C2CCCC(C(F)(F)F)C2)C1. The lowest BCUT2D eigenvalue weighted by molar-refractivity contribution is -0.186. The minimum Gasteiger partial charge on any atom is -0.356 e. The molecule has 1 amide bonds. The molecule has 2 aliphatic rings. The second kappa shape index (κ2) is 8.39. The first-order valence-electron chi connectivity index (χ1n) is 7.96. The van der Waals surface area contributed by atoms with Gasteiger partial charge in [-0.05, 0) is 44.4 Å². The highest BCUT2D eigenvalue weighted by molar-refractivity contribution is 5.85. The predicted octanol–water partition coefficient (Wildman–Crippen LogP) is 3.41. The Morgan fingerprint density at radius 3 is 2.41 bits per heavy atom. The quantitative estimate of drug-likeness (QED) is 0.825. The third-order valence-corrected chi connectivity index (χ3v) is 4.90. The van der Waals surface area contributed by atoms with Crippen LogP contribution in [0.25, 0.3) is 0 Å². The highest BCUT2D eigenvalue weighted by atomic mass is 35.5. The molecule has 0 bridgehead atoms. The zero-order chi connectivity index (χ0) is 15.5. The summed E-state index contributed by atoms with van der Waals surface area (Å²) in [6.07, 6.45) is 1.03. The fourth-order valence-corrected chi connectivity index (χ4v) is 3.63. The van der Waals surface area contributed by atoms with E-state index >= 15 is 0 Å². The summed E-state index contributed by atoms with van der Waals surface area (Å²) in [5.41, 5.74) is 5.90. The summed E-state index contributed by atoms with van der Waals surface area (Å²) in [4.78, 5) is 12.1. The van der Waals surface area contributed by atoms with Crippen LogP contribution in [0.4, 0.5) is 13.2 Å². The highest BCUT2D eigenvalue weighted by Crippen LogP contribution is 2.40. The van der Waals surface area contributed by atoms with Gasteiger partial charge >= 0.3 is 6.18 Å². The molecule has 3 nitrogen and oxygen atoms in total. The Hall–Kier alpha value is -0.490. The Labute approximate surface area is 136 Å². The largest absolute Gasteiger partial charge is 0.391 e. The van der Waals surface area contributed by atoms with E-state index in [2.05, 4.69) is 5.32 Å². The molecule has 3 N–H and O–H groups in total. The molecule has 0 radical (unpaired) electrons. The lowest BCUT2D eigenvalue weighted by Gasteiger charge is -2.31. The molecule has 2 fully saturated rings. The Kier molecular flexibility index (Phi) is 7.46. The zero-order valence-electron chi connectivity index (χ0n) is 12.7. The molecule has 4 atom stereocenters. The van der Waals surface area contributed by atoms with E-state index in [4.69, 9.17) is 5.73 Å². The van der Waals surface area contributed by atoms with Crippen LogP contribution in [0, 0.1) is 17.8 Å². The maximum absolute atomic E-state index is 12.8. The number of halogens is 4. The van der Waals surface area contributed by atoms with Gasteiger partial charge in [0, 0.05) is 18.5 Å². The van der Waals surface area contributed by atoms with Crippen LogP contribution >= 0.6 is 12.4 Å². The summed E-state index contributed by atoms with van der Waals surface area (Å²) >= 11 is 0. The van der Waals surface area contributed by atoms with Crippen LogP contribution < -0.4 is 11.1 Å². The van der Waals surface area contributed by atoms with Crippen LogP contribution in [0.15, 0.2) is 0 Å². The fourth-order valence-electron chi connectivity index (χ4n) is 3.63. The van der Waals surface area contributed by atoms with Gasteiger partial charge < -0.3 is 11.1 Å². The molecule has 22 heavy (non-hydrogen) atoms. The Bertz CT molecular complexity index is 365. The number of rotatable bonds is 3. The number of nitrogens with two attached hydrogens (primary N) is 1. The van der Waals surface area contributed by atoms with Gasteiger partial charge in [0.1, 0.15) is 0 Å². The number of carbonyl (C=O) groups is 1. The molecule has 7 heteroatoms. The Balaban J connectivity index is 0.00000242. The van der Waals surface area contributed by atoms with E-state index in [0.717, 1.165) is 25.7 Å². The first-order chi connectivity index (χ1) is 9.86. The molecule has 0 aliphatic heterocycles. The van der Waals surface area contributed by atoms with Crippen LogP contribution in [0.1, 0.15) is 51.4 Å². The van der Waals surface area contributed by atoms with Crippen LogP contribution in [-0.4, -0.2) is 24.7 Å². The molecule has 0 heterocycles. The van der Waals surface area contributed by atoms with Gasteiger partial charge in [-0.2, -0.15) is 13.2 Å². The van der Waals surface area contributed by atoms with Gasteiger partial charge in [0.25, 0.3) is 0 Å². The second-order valence-corrected chi connectivity index (χ2v) is 6.64. The summed E-state index contributed by atoms with van der Waals surface area (Å²) in [7, 11) is 0. The number of hydrogen-bond acceptors (Lipinski definition) is 2. The third-order valence-electron chi connectivity index (χ3n) is 4.90. The molecular formula is C15H26ClF3N2O. The Morgan fingerprint density at radius 1 is 1.09 bits per heavy atom. The Morgan fingerprint density at radius 2 is 1.77 bits per heavy atom. The number of alkyl halides is 3. The summed E-state index contributed by atoms with van der Waals surface area (Å²) in [5.74, 6) is -1.63. The molecule has 130 valence electrons.